The summed E-state index contributed by atoms with van der Waals surface area (Å²) in [6, 6.07) is 3.10. The van der Waals surface area contributed by atoms with E-state index in [-0.39, 0.29) is 12.2 Å². The molecule has 0 saturated heterocycles. The number of hydrogen-bond donors (Lipinski definition) is 3. The van der Waals surface area contributed by atoms with Gasteiger partial charge in [-0.3, -0.25) is 4.79 Å². The molecule has 2 amide bonds. The lowest BCUT2D eigenvalue weighted by atomic mass is 10.1. The van der Waals surface area contributed by atoms with Gasteiger partial charge >= 0.3 is 12.0 Å². The predicted molar refractivity (Wildman–Crippen MR) is 82.2 cm³/mol. The van der Waals surface area contributed by atoms with Crippen LogP contribution in [0.5, 0.6) is 0 Å². The van der Waals surface area contributed by atoms with Crippen molar-refractivity contribution >= 4 is 40.3 Å². The Kier molecular flexibility index (Phi) is 6.69. The van der Waals surface area contributed by atoms with Gasteiger partial charge in [-0.1, -0.05) is 13.3 Å². The van der Waals surface area contributed by atoms with Crippen LogP contribution in [0, 0.1) is 9.39 Å². The number of halogens is 2. The van der Waals surface area contributed by atoms with Crippen molar-refractivity contribution < 1.29 is 19.1 Å². The molecule has 1 aromatic carbocycles. The average Bonchev–Trinajstić information content (AvgIpc) is 2.32. The van der Waals surface area contributed by atoms with Gasteiger partial charge in [0.25, 0.3) is 0 Å². The van der Waals surface area contributed by atoms with Crippen molar-refractivity contribution in [2.45, 2.75) is 32.2 Å². The largest absolute Gasteiger partial charge is 0.481 e. The number of nitrogens with one attached hydrogen (secondary N) is 2. The van der Waals surface area contributed by atoms with Gasteiger partial charge in [0.2, 0.25) is 0 Å². The summed E-state index contributed by atoms with van der Waals surface area (Å²) in [5, 5.41) is 14.0. The van der Waals surface area contributed by atoms with E-state index in [0.717, 1.165) is 6.42 Å². The Morgan fingerprint density at radius 2 is 2.15 bits per heavy atom. The molecule has 5 nitrogen and oxygen atoms in total. The second-order valence-electron chi connectivity index (χ2n) is 4.31. The molecule has 1 atom stereocenters. The van der Waals surface area contributed by atoms with Gasteiger partial charge in [0.15, 0.2) is 0 Å². The van der Waals surface area contributed by atoms with E-state index >= 15 is 0 Å². The number of amides is 2. The number of carbonyl (C=O) groups is 2. The minimum Gasteiger partial charge on any atom is -0.481 e. The van der Waals surface area contributed by atoms with E-state index < -0.39 is 18.0 Å². The van der Waals surface area contributed by atoms with Crippen LogP contribution < -0.4 is 10.6 Å². The molecule has 0 aliphatic carbocycles. The van der Waals surface area contributed by atoms with Gasteiger partial charge in [-0.05, 0) is 47.2 Å². The van der Waals surface area contributed by atoms with Crippen molar-refractivity contribution in [2.24, 2.45) is 0 Å². The van der Waals surface area contributed by atoms with Gasteiger partial charge in [0.1, 0.15) is 5.82 Å². The summed E-state index contributed by atoms with van der Waals surface area (Å²) in [6.07, 6.45) is 1.23. The third-order valence-corrected chi connectivity index (χ3v) is 3.47. The fraction of sp³-hybridized carbons (Fsp3) is 0.385. The van der Waals surface area contributed by atoms with Gasteiger partial charge in [-0.15, -0.1) is 0 Å². The summed E-state index contributed by atoms with van der Waals surface area (Å²) in [5.41, 5.74) is 0.482. The summed E-state index contributed by atoms with van der Waals surface area (Å²) in [6.45, 7) is 1.91. The molecule has 0 aromatic heterocycles. The number of carboxylic acids is 1. The van der Waals surface area contributed by atoms with Crippen molar-refractivity contribution in [2.75, 3.05) is 5.32 Å². The van der Waals surface area contributed by atoms with Crippen LogP contribution in [0.25, 0.3) is 0 Å². The third-order valence-electron chi connectivity index (χ3n) is 2.57. The molecule has 1 aromatic rings. The number of carbonyl (C=O) groups excluding carboxylic acids is 1. The molecule has 0 bridgehead atoms. The Morgan fingerprint density at radius 3 is 2.70 bits per heavy atom. The number of hydrogen-bond acceptors (Lipinski definition) is 2. The lowest BCUT2D eigenvalue weighted by molar-refractivity contribution is -0.137. The fourth-order valence-electron chi connectivity index (χ4n) is 1.72. The van der Waals surface area contributed by atoms with Crippen molar-refractivity contribution in [3.05, 3.63) is 27.6 Å². The first-order valence-electron chi connectivity index (χ1n) is 6.16. The maximum Gasteiger partial charge on any atom is 0.319 e. The van der Waals surface area contributed by atoms with E-state index in [0.29, 0.717) is 15.7 Å². The molecular weight excluding hydrogens is 378 g/mol. The number of benzene rings is 1. The molecule has 1 unspecified atom stereocenters. The number of rotatable bonds is 6. The Bertz CT molecular complexity index is 497. The molecule has 3 N–H and O–H groups in total. The highest BCUT2D eigenvalue weighted by Crippen LogP contribution is 2.18. The van der Waals surface area contributed by atoms with Crippen molar-refractivity contribution in [3.8, 4) is 0 Å². The number of anilines is 1. The Balaban J connectivity index is 2.62. The molecule has 0 saturated carbocycles. The Morgan fingerprint density at radius 1 is 1.45 bits per heavy atom. The van der Waals surface area contributed by atoms with E-state index in [2.05, 4.69) is 10.6 Å². The highest BCUT2D eigenvalue weighted by atomic mass is 127. The molecule has 1 rings (SSSR count). The highest BCUT2D eigenvalue weighted by molar-refractivity contribution is 14.1. The van der Waals surface area contributed by atoms with Crippen molar-refractivity contribution in [1.29, 1.82) is 0 Å². The maximum atomic E-state index is 12.9. The smallest absolute Gasteiger partial charge is 0.319 e. The van der Waals surface area contributed by atoms with E-state index in [1.165, 1.54) is 18.2 Å². The van der Waals surface area contributed by atoms with Crippen LogP contribution in [0.4, 0.5) is 14.9 Å². The molecule has 0 fully saturated rings. The molecule has 110 valence electrons. The molecule has 20 heavy (non-hydrogen) atoms. The minimum atomic E-state index is -0.958. The zero-order chi connectivity index (χ0) is 15.1. The first-order valence-corrected chi connectivity index (χ1v) is 7.24. The van der Waals surface area contributed by atoms with Crippen LogP contribution in [0.2, 0.25) is 0 Å². The second kappa shape index (κ2) is 8.03. The van der Waals surface area contributed by atoms with Gasteiger partial charge in [-0.25, -0.2) is 9.18 Å². The normalized spacial score (nSPS) is 11.8. The highest BCUT2D eigenvalue weighted by Gasteiger charge is 2.15. The van der Waals surface area contributed by atoms with Crippen LogP contribution in [0.3, 0.4) is 0 Å². The predicted octanol–water partition coefficient (Wildman–Crippen LogP) is 3.20. The zero-order valence-electron chi connectivity index (χ0n) is 11.0. The molecule has 0 aliphatic heterocycles. The number of carboxylic acid groups (broad SMARTS) is 1. The standard InChI is InChI=1S/C13H16FIN2O3/c1-2-3-9(7-12(18)19)16-13(20)17-11-5-4-8(14)6-10(11)15/h4-6,9H,2-3,7H2,1H3,(H,18,19)(H2,16,17,20). The molecule has 0 spiro atoms. The van der Waals surface area contributed by atoms with Crippen LogP contribution in [-0.2, 0) is 4.79 Å². The van der Waals surface area contributed by atoms with E-state index in [1.54, 1.807) is 0 Å². The lowest BCUT2D eigenvalue weighted by Gasteiger charge is -2.17. The van der Waals surface area contributed by atoms with Crippen molar-refractivity contribution in [3.63, 3.8) is 0 Å². The molecule has 7 heteroatoms. The summed E-state index contributed by atoms with van der Waals surface area (Å²) < 4.78 is 13.5. The minimum absolute atomic E-state index is 0.123. The van der Waals surface area contributed by atoms with Crippen molar-refractivity contribution in [1.82, 2.24) is 5.32 Å². The van der Waals surface area contributed by atoms with Crippen LogP contribution in [0.15, 0.2) is 18.2 Å². The SMILES string of the molecule is CCCC(CC(=O)O)NC(=O)Nc1ccc(F)cc1I. The third kappa shape index (κ3) is 5.72. The quantitative estimate of drug-likeness (QED) is 0.649. The summed E-state index contributed by atoms with van der Waals surface area (Å²) >= 11 is 1.91. The van der Waals surface area contributed by atoms with E-state index in [1.807, 2.05) is 29.5 Å². The molecule has 0 aliphatic rings. The summed E-state index contributed by atoms with van der Waals surface area (Å²) in [5.74, 6) is -1.34. The molecule has 0 heterocycles. The maximum absolute atomic E-state index is 12.9. The van der Waals surface area contributed by atoms with Gasteiger partial charge < -0.3 is 15.7 Å². The van der Waals surface area contributed by atoms with Gasteiger partial charge in [0.05, 0.1) is 12.1 Å². The fourth-order valence-corrected chi connectivity index (χ4v) is 2.33. The van der Waals surface area contributed by atoms with Crippen LogP contribution >= 0.6 is 22.6 Å². The van der Waals surface area contributed by atoms with E-state index in [9.17, 15) is 14.0 Å². The first kappa shape index (κ1) is 16.7. The van der Waals surface area contributed by atoms with Crippen LogP contribution in [-0.4, -0.2) is 23.1 Å². The average molecular weight is 394 g/mol. The number of aliphatic carboxylic acids is 1. The number of urea groups is 1. The molecule has 0 radical (unpaired) electrons. The van der Waals surface area contributed by atoms with E-state index in [4.69, 9.17) is 5.11 Å². The Labute approximate surface area is 130 Å². The Hall–Kier alpha value is -1.38. The first-order chi connectivity index (χ1) is 9.42. The lowest BCUT2D eigenvalue weighted by Crippen LogP contribution is -2.39. The summed E-state index contributed by atoms with van der Waals surface area (Å²) in [4.78, 5) is 22.5. The van der Waals surface area contributed by atoms with Gasteiger partial charge in [-0.2, -0.15) is 0 Å². The topological polar surface area (TPSA) is 78.4 Å². The molecular formula is C13H16FIN2O3. The zero-order valence-corrected chi connectivity index (χ0v) is 13.1. The van der Waals surface area contributed by atoms with Gasteiger partial charge in [0, 0.05) is 9.61 Å². The second-order valence-corrected chi connectivity index (χ2v) is 5.47. The summed E-state index contributed by atoms with van der Waals surface area (Å²) in [7, 11) is 0. The van der Waals surface area contributed by atoms with Crippen LogP contribution in [0.1, 0.15) is 26.2 Å². The monoisotopic (exact) mass is 394 g/mol.